The third kappa shape index (κ3) is 2.88. The van der Waals surface area contributed by atoms with Gasteiger partial charge in [-0.2, -0.15) is 0 Å². The van der Waals surface area contributed by atoms with Crippen LogP contribution in [0.15, 0.2) is 18.2 Å². The lowest BCUT2D eigenvalue weighted by molar-refractivity contribution is 0.134. The van der Waals surface area contributed by atoms with Crippen LogP contribution < -0.4 is 10.1 Å². The lowest BCUT2D eigenvalue weighted by atomic mass is 10.0. The van der Waals surface area contributed by atoms with Crippen LogP contribution in [0.3, 0.4) is 0 Å². The van der Waals surface area contributed by atoms with Gasteiger partial charge < -0.3 is 15.2 Å². The van der Waals surface area contributed by atoms with E-state index in [2.05, 4.69) is 5.32 Å². The van der Waals surface area contributed by atoms with Gasteiger partial charge in [-0.05, 0) is 25.6 Å². The molecule has 0 aromatic heterocycles. The third-order valence-electron chi connectivity index (χ3n) is 2.53. The number of ether oxygens (including phenoxy) is 1. The number of aliphatic hydroxyl groups excluding tert-OH is 1. The predicted octanol–water partition coefficient (Wildman–Crippen LogP) is 2.38. The molecule has 0 aliphatic rings. The van der Waals surface area contributed by atoms with E-state index in [0.29, 0.717) is 16.3 Å². The number of rotatable bonds is 5. The maximum atomic E-state index is 10.2. The van der Waals surface area contributed by atoms with E-state index in [0.717, 1.165) is 6.54 Å². The van der Waals surface area contributed by atoms with Crippen LogP contribution in [0.25, 0.3) is 0 Å². The highest BCUT2D eigenvalue weighted by molar-refractivity contribution is 6.31. The van der Waals surface area contributed by atoms with E-state index in [1.54, 1.807) is 25.3 Å². The van der Waals surface area contributed by atoms with Crippen LogP contribution >= 0.6 is 11.6 Å². The molecule has 1 rings (SSSR count). The second-order valence-electron chi connectivity index (χ2n) is 3.65. The second-order valence-corrected chi connectivity index (χ2v) is 4.05. The van der Waals surface area contributed by atoms with Crippen LogP contribution in [0.2, 0.25) is 5.02 Å². The number of aliphatic hydroxyl groups is 1. The van der Waals surface area contributed by atoms with E-state index in [4.69, 9.17) is 16.3 Å². The number of benzene rings is 1. The first kappa shape index (κ1) is 13.3. The van der Waals surface area contributed by atoms with Gasteiger partial charge in [0.25, 0.3) is 0 Å². The molecule has 0 amide bonds. The van der Waals surface area contributed by atoms with Gasteiger partial charge >= 0.3 is 0 Å². The molecule has 4 heteroatoms. The summed E-state index contributed by atoms with van der Waals surface area (Å²) in [6.45, 7) is 4.70. The first-order valence-corrected chi connectivity index (χ1v) is 5.73. The van der Waals surface area contributed by atoms with Gasteiger partial charge in [-0.25, -0.2) is 0 Å². The lowest BCUT2D eigenvalue weighted by Crippen LogP contribution is -2.32. The van der Waals surface area contributed by atoms with Crippen molar-refractivity contribution in [1.82, 2.24) is 5.32 Å². The molecule has 0 bridgehead atoms. The van der Waals surface area contributed by atoms with Gasteiger partial charge in [0.05, 0.1) is 18.2 Å². The van der Waals surface area contributed by atoms with Crippen molar-refractivity contribution in [2.45, 2.75) is 26.0 Å². The quantitative estimate of drug-likeness (QED) is 0.835. The summed E-state index contributed by atoms with van der Waals surface area (Å²) < 4.78 is 5.20. The Kier molecular flexibility index (Phi) is 5.06. The van der Waals surface area contributed by atoms with Crippen molar-refractivity contribution in [3.8, 4) is 5.75 Å². The number of nitrogens with one attached hydrogen (secondary N) is 1. The van der Waals surface area contributed by atoms with Crippen molar-refractivity contribution < 1.29 is 9.84 Å². The number of hydrogen-bond donors (Lipinski definition) is 2. The molecule has 16 heavy (non-hydrogen) atoms. The van der Waals surface area contributed by atoms with Gasteiger partial charge in [0.15, 0.2) is 0 Å². The topological polar surface area (TPSA) is 41.5 Å². The molecule has 2 unspecified atom stereocenters. The summed E-state index contributed by atoms with van der Waals surface area (Å²) in [6.07, 6.45) is -0.677. The van der Waals surface area contributed by atoms with Crippen LogP contribution in [0.5, 0.6) is 5.75 Å². The van der Waals surface area contributed by atoms with E-state index in [9.17, 15) is 5.11 Å². The Morgan fingerprint density at radius 3 is 2.75 bits per heavy atom. The zero-order valence-corrected chi connectivity index (χ0v) is 10.6. The first-order valence-electron chi connectivity index (χ1n) is 5.35. The Labute approximate surface area is 101 Å². The minimum Gasteiger partial charge on any atom is -0.496 e. The summed E-state index contributed by atoms with van der Waals surface area (Å²) in [4.78, 5) is 0. The van der Waals surface area contributed by atoms with Gasteiger partial charge in [0.1, 0.15) is 5.75 Å². The van der Waals surface area contributed by atoms with Crippen molar-refractivity contribution in [3.05, 3.63) is 28.8 Å². The Morgan fingerprint density at radius 2 is 2.19 bits per heavy atom. The highest BCUT2D eigenvalue weighted by atomic mass is 35.5. The number of hydrogen-bond acceptors (Lipinski definition) is 3. The minimum absolute atomic E-state index is 0.0706. The van der Waals surface area contributed by atoms with E-state index in [1.165, 1.54) is 0 Å². The molecular formula is C12H18ClNO2. The average molecular weight is 244 g/mol. The van der Waals surface area contributed by atoms with Crippen molar-refractivity contribution in [2.75, 3.05) is 13.7 Å². The molecule has 3 nitrogen and oxygen atoms in total. The SMILES string of the molecule is CCNC(C)C(O)c1c(Cl)cccc1OC. The second kappa shape index (κ2) is 6.09. The molecule has 0 aliphatic heterocycles. The largest absolute Gasteiger partial charge is 0.496 e. The Morgan fingerprint density at radius 1 is 1.50 bits per heavy atom. The maximum absolute atomic E-state index is 10.2. The van der Waals surface area contributed by atoms with Crippen molar-refractivity contribution in [1.29, 1.82) is 0 Å². The normalized spacial score (nSPS) is 14.6. The first-order chi connectivity index (χ1) is 7.61. The van der Waals surface area contributed by atoms with Crippen LogP contribution in [0.1, 0.15) is 25.5 Å². The highest BCUT2D eigenvalue weighted by Gasteiger charge is 2.21. The summed E-state index contributed by atoms with van der Waals surface area (Å²) >= 11 is 6.08. The molecule has 0 aliphatic carbocycles. The summed E-state index contributed by atoms with van der Waals surface area (Å²) in [6, 6.07) is 5.28. The van der Waals surface area contributed by atoms with E-state index in [1.807, 2.05) is 13.8 Å². The van der Waals surface area contributed by atoms with E-state index < -0.39 is 6.10 Å². The van der Waals surface area contributed by atoms with Gasteiger partial charge in [-0.3, -0.25) is 0 Å². The molecule has 0 radical (unpaired) electrons. The van der Waals surface area contributed by atoms with Crippen molar-refractivity contribution in [2.24, 2.45) is 0 Å². The molecular weight excluding hydrogens is 226 g/mol. The number of halogens is 1. The van der Waals surface area contributed by atoms with Crippen molar-refractivity contribution >= 4 is 11.6 Å². The van der Waals surface area contributed by atoms with Crippen LogP contribution in [-0.2, 0) is 0 Å². The highest BCUT2D eigenvalue weighted by Crippen LogP contribution is 2.33. The molecule has 0 spiro atoms. The standard InChI is InChI=1S/C12H18ClNO2/c1-4-14-8(2)12(15)11-9(13)6-5-7-10(11)16-3/h5-8,12,14-15H,4H2,1-3H3. The van der Waals surface area contributed by atoms with Gasteiger partial charge in [0, 0.05) is 11.6 Å². The molecule has 2 N–H and O–H groups in total. The Bertz CT molecular complexity index is 344. The Balaban J connectivity index is 3.01. The number of methoxy groups -OCH3 is 1. The average Bonchev–Trinajstić information content (AvgIpc) is 2.28. The van der Waals surface area contributed by atoms with Crippen LogP contribution in [0, 0.1) is 0 Å². The molecule has 0 heterocycles. The lowest BCUT2D eigenvalue weighted by Gasteiger charge is -2.22. The summed E-state index contributed by atoms with van der Waals surface area (Å²) in [7, 11) is 1.57. The van der Waals surface area contributed by atoms with Crippen LogP contribution in [0.4, 0.5) is 0 Å². The minimum atomic E-state index is -0.677. The molecule has 1 aromatic carbocycles. The fourth-order valence-corrected chi connectivity index (χ4v) is 1.94. The van der Waals surface area contributed by atoms with E-state index in [-0.39, 0.29) is 6.04 Å². The monoisotopic (exact) mass is 243 g/mol. The fourth-order valence-electron chi connectivity index (χ4n) is 1.67. The Hall–Kier alpha value is -0.770. The molecule has 0 saturated heterocycles. The molecule has 90 valence electrons. The number of likely N-dealkylation sites (N-methyl/N-ethyl adjacent to an activating group) is 1. The van der Waals surface area contributed by atoms with Gasteiger partial charge in [-0.15, -0.1) is 0 Å². The maximum Gasteiger partial charge on any atom is 0.126 e. The van der Waals surface area contributed by atoms with E-state index >= 15 is 0 Å². The molecule has 0 saturated carbocycles. The predicted molar refractivity (Wildman–Crippen MR) is 66.1 cm³/mol. The smallest absolute Gasteiger partial charge is 0.126 e. The molecule has 1 aromatic rings. The van der Waals surface area contributed by atoms with Crippen molar-refractivity contribution in [3.63, 3.8) is 0 Å². The fraction of sp³-hybridized carbons (Fsp3) is 0.500. The molecule has 0 fully saturated rings. The zero-order valence-electron chi connectivity index (χ0n) is 9.83. The third-order valence-corrected chi connectivity index (χ3v) is 2.86. The molecule has 2 atom stereocenters. The summed E-state index contributed by atoms with van der Waals surface area (Å²) in [5.41, 5.74) is 0.639. The summed E-state index contributed by atoms with van der Waals surface area (Å²) in [5.74, 6) is 0.616. The summed E-state index contributed by atoms with van der Waals surface area (Å²) in [5, 5.41) is 13.9. The van der Waals surface area contributed by atoms with Gasteiger partial charge in [0.2, 0.25) is 0 Å². The van der Waals surface area contributed by atoms with Gasteiger partial charge in [-0.1, -0.05) is 24.6 Å². The zero-order chi connectivity index (χ0) is 12.1. The van der Waals surface area contributed by atoms with Crippen LogP contribution in [-0.4, -0.2) is 24.8 Å².